The Bertz CT molecular complexity index is 594. The SMILES string of the molecule is O=C(NCC1(O)CCCC1)C(c1ccccc1)c1ccccc1. The number of hydrogen-bond donors (Lipinski definition) is 2. The first-order valence-corrected chi connectivity index (χ1v) is 8.28. The molecule has 1 fully saturated rings. The van der Waals surface area contributed by atoms with Crippen LogP contribution in [0, 0.1) is 0 Å². The van der Waals surface area contributed by atoms with E-state index in [1.807, 2.05) is 60.7 Å². The molecule has 1 aliphatic rings. The molecule has 2 aromatic carbocycles. The van der Waals surface area contributed by atoms with Crippen molar-refractivity contribution in [1.29, 1.82) is 0 Å². The molecule has 2 N–H and O–H groups in total. The van der Waals surface area contributed by atoms with Crippen LogP contribution in [0.1, 0.15) is 42.7 Å². The third kappa shape index (κ3) is 3.80. The van der Waals surface area contributed by atoms with Crippen LogP contribution in [0.3, 0.4) is 0 Å². The fraction of sp³-hybridized carbons (Fsp3) is 0.350. The van der Waals surface area contributed by atoms with Gasteiger partial charge in [0.05, 0.1) is 11.5 Å². The van der Waals surface area contributed by atoms with Gasteiger partial charge in [-0.2, -0.15) is 0 Å². The second kappa shape index (κ2) is 6.97. The van der Waals surface area contributed by atoms with Gasteiger partial charge in [0, 0.05) is 6.54 Å². The molecule has 120 valence electrons. The van der Waals surface area contributed by atoms with Gasteiger partial charge in [0.15, 0.2) is 0 Å². The number of rotatable bonds is 5. The van der Waals surface area contributed by atoms with Gasteiger partial charge in [0.1, 0.15) is 0 Å². The van der Waals surface area contributed by atoms with Crippen LogP contribution in [0.4, 0.5) is 0 Å². The number of amides is 1. The Morgan fingerprint density at radius 1 is 0.957 bits per heavy atom. The minimum absolute atomic E-state index is 0.0530. The molecule has 0 spiro atoms. The quantitative estimate of drug-likeness (QED) is 0.891. The van der Waals surface area contributed by atoms with Crippen LogP contribution < -0.4 is 5.32 Å². The number of hydrogen-bond acceptors (Lipinski definition) is 2. The van der Waals surface area contributed by atoms with Gasteiger partial charge in [-0.1, -0.05) is 73.5 Å². The van der Waals surface area contributed by atoms with E-state index >= 15 is 0 Å². The molecule has 3 rings (SSSR count). The Kier molecular flexibility index (Phi) is 4.77. The topological polar surface area (TPSA) is 49.3 Å². The summed E-state index contributed by atoms with van der Waals surface area (Å²) in [6.45, 7) is 0.335. The number of benzene rings is 2. The Morgan fingerprint density at radius 2 is 1.43 bits per heavy atom. The van der Waals surface area contributed by atoms with Crippen molar-refractivity contribution in [3.05, 3.63) is 71.8 Å². The van der Waals surface area contributed by atoms with Gasteiger partial charge in [-0.25, -0.2) is 0 Å². The second-order valence-electron chi connectivity index (χ2n) is 6.40. The smallest absolute Gasteiger partial charge is 0.232 e. The molecule has 1 aliphatic carbocycles. The Labute approximate surface area is 137 Å². The zero-order valence-electron chi connectivity index (χ0n) is 13.2. The number of aliphatic hydroxyl groups is 1. The molecule has 0 bridgehead atoms. The van der Waals surface area contributed by atoms with Gasteiger partial charge in [0.25, 0.3) is 0 Å². The molecule has 23 heavy (non-hydrogen) atoms. The van der Waals surface area contributed by atoms with Crippen molar-refractivity contribution in [1.82, 2.24) is 5.32 Å². The van der Waals surface area contributed by atoms with Crippen LogP contribution in [0.5, 0.6) is 0 Å². The summed E-state index contributed by atoms with van der Waals surface area (Å²) in [4.78, 5) is 12.8. The highest BCUT2D eigenvalue weighted by molar-refractivity contribution is 5.87. The molecule has 0 heterocycles. The summed E-state index contributed by atoms with van der Waals surface area (Å²) < 4.78 is 0. The number of carbonyl (C=O) groups excluding carboxylic acids is 1. The van der Waals surface area contributed by atoms with Gasteiger partial charge in [-0.05, 0) is 24.0 Å². The van der Waals surface area contributed by atoms with Crippen LogP contribution in [0.15, 0.2) is 60.7 Å². The zero-order valence-corrected chi connectivity index (χ0v) is 13.2. The third-order valence-electron chi connectivity index (χ3n) is 4.65. The first kappa shape index (κ1) is 15.8. The number of carbonyl (C=O) groups is 1. The lowest BCUT2D eigenvalue weighted by atomic mass is 9.90. The van der Waals surface area contributed by atoms with E-state index in [-0.39, 0.29) is 11.8 Å². The van der Waals surface area contributed by atoms with Crippen molar-refractivity contribution in [3.63, 3.8) is 0 Å². The second-order valence-corrected chi connectivity index (χ2v) is 6.40. The summed E-state index contributed by atoms with van der Waals surface area (Å²) >= 11 is 0. The maximum absolute atomic E-state index is 12.8. The highest BCUT2D eigenvalue weighted by Gasteiger charge is 2.32. The van der Waals surface area contributed by atoms with Crippen LogP contribution in [-0.2, 0) is 4.79 Å². The predicted octanol–water partition coefficient (Wildman–Crippen LogP) is 3.24. The van der Waals surface area contributed by atoms with Crippen LogP contribution in [0.25, 0.3) is 0 Å². The first-order chi connectivity index (χ1) is 11.2. The zero-order chi connectivity index (χ0) is 16.1. The van der Waals surface area contributed by atoms with E-state index < -0.39 is 5.60 Å². The Hall–Kier alpha value is -2.13. The van der Waals surface area contributed by atoms with Crippen molar-refractivity contribution in [2.75, 3.05) is 6.54 Å². The monoisotopic (exact) mass is 309 g/mol. The molecule has 0 radical (unpaired) electrons. The molecule has 1 amide bonds. The maximum Gasteiger partial charge on any atom is 0.232 e. The summed E-state index contributed by atoms with van der Waals surface area (Å²) in [6.07, 6.45) is 3.61. The predicted molar refractivity (Wildman–Crippen MR) is 91.2 cm³/mol. The average molecular weight is 309 g/mol. The number of nitrogens with one attached hydrogen (secondary N) is 1. The molecular weight excluding hydrogens is 286 g/mol. The fourth-order valence-corrected chi connectivity index (χ4v) is 3.35. The fourth-order valence-electron chi connectivity index (χ4n) is 3.35. The minimum Gasteiger partial charge on any atom is -0.388 e. The first-order valence-electron chi connectivity index (χ1n) is 8.28. The molecule has 0 aliphatic heterocycles. The van der Waals surface area contributed by atoms with Crippen LogP contribution in [-0.4, -0.2) is 23.2 Å². The van der Waals surface area contributed by atoms with Gasteiger partial charge < -0.3 is 10.4 Å². The molecule has 3 heteroatoms. The Balaban J connectivity index is 1.79. The van der Waals surface area contributed by atoms with Gasteiger partial charge >= 0.3 is 0 Å². The molecule has 2 aromatic rings. The van der Waals surface area contributed by atoms with Gasteiger partial charge in [-0.3, -0.25) is 4.79 Å². The standard InChI is InChI=1S/C20H23NO2/c22-19(21-15-20(23)13-7-8-14-20)18(16-9-3-1-4-10-16)17-11-5-2-6-12-17/h1-6,9-12,18,23H,7-8,13-15H2,(H,21,22). The molecular formula is C20H23NO2. The van der Waals surface area contributed by atoms with E-state index in [1.54, 1.807) is 0 Å². The van der Waals surface area contributed by atoms with Gasteiger partial charge in [0.2, 0.25) is 5.91 Å². The molecule has 1 saturated carbocycles. The van der Waals surface area contributed by atoms with E-state index in [0.29, 0.717) is 6.54 Å². The van der Waals surface area contributed by atoms with Crippen molar-refractivity contribution in [3.8, 4) is 0 Å². The van der Waals surface area contributed by atoms with Gasteiger partial charge in [-0.15, -0.1) is 0 Å². The van der Waals surface area contributed by atoms with E-state index in [1.165, 1.54) is 0 Å². The van der Waals surface area contributed by atoms with Crippen molar-refractivity contribution in [2.24, 2.45) is 0 Å². The molecule has 0 saturated heterocycles. The third-order valence-corrected chi connectivity index (χ3v) is 4.65. The van der Waals surface area contributed by atoms with Crippen LogP contribution >= 0.6 is 0 Å². The summed E-state index contributed by atoms with van der Waals surface area (Å²) in [6, 6.07) is 19.6. The van der Waals surface area contributed by atoms with E-state index in [4.69, 9.17) is 0 Å². The molecule has 0 unspecified atom stereocenters. The van der Waals surface area contributed by atoms with E-state index in [0.717, 1.165) is 36.8 Å². The van der Waals surface area contributed by atoms with Crippen LogP contribution in [0.2, 0.25) is 0 Å². The maximum atomic E-state index is 12.8. The van der Waals surface area contributed by atoms with E-state index in [9.17, 15) is 9.90 Å². The molecule has 0 atom stereocenters. The van der Waals surface area contributed by atoms with Crippen molar-refractivity contribution in [2.45, 2.75) is 37.2 Å². The lowest BCUT2D eigenvalue weighted by molar-refractivity contribution is -0.122. The highest BCUT2D eigenvalue weighted by atomic mass is 16.3. The summed E-state index contributed by atoms with van der Waals surface area (Å²) in [5.74, 6) is -0.398. The largest absolute Gasteiger partial charge is 0.388 e. The normalized spacial score (nSPS) is 16.4. The highest BCUT2D eigenvalue weighted by Crippen LogP contribution is 2.29. The average Bonchev–Trinajstić information content (AvgIpc) is 3.02. The summed E-state index contributed by atoms with van der Waals surface area (Å²) in [7, 11) is 0. The minimum atomic E-state index is -0.729. The Morgan fingerprint density at radius 3 is 1.91 bits per heavy atom. The van der Waals surface area contributed by atoms with Crippen molar-refractivity contribution < 1.29 is 9.90 Å². The van der Waals surface area contributed by atoms with Crippen molar-refractivity contribution >= 4 is 5.91 Å². The summed E-state index contributed by atoms with van der Waals surface area (Å²) in [5.41, 5.74) is 1.21. The molecule has 3 nitrogen and oxygen atoms in total. The lowest BCUT2D eigenvalue weighted by Gasteiger charge is -2.25. The molecule has 0 aromatic heterocycles. The lowest BCUT2D eigenvalue weighted by Crippen LogP contribution is -2.42. The summed E-state index contributed by atoms with van der Waals surface area (Å²) in [5, 5.41) is 13.4. The van der Waals surface area contributed by atoms with E-state index in [2.05, 4.69) is 5.32 Å².